The van der Waals surface area contributed by atoms with Crippen LogP contribution in [0.15, 0.2) is 59.5 Å². The van der Waals surface area contributed by atoms with E-state index in [9.17, 15) is 13.2 Å². The van der Waals surface area contributed by atoms with Gasteiger partial charge in [0.05, 0.1) is 10.6 Å². The Kier molecular flexibility index (Phi) is 4.77. The summed E-state index contributed by atoms with van der Waals surface area (Å²) in [5, 5.41) is 0. The molecular formula is C20H21NO3S. The van der Waals surface area contributed by atoms with Crippen LogP contribution < -0.4 is 4.31 Å². The first-order valence-corrected chi connectivity index (χ1v) is 9.86. The van der Waals surface area contributed by atoms with Crippen molar-refractivity contribution in [3.63, 3.8) is 0 Å². The van der Waals surface area contributed by atoms with Gasteiger partial charge in [0.15, 0.2) is 0 Å². The Hall–Kier alpha value is -2.40. The van der Waals surface area contributed by atoms with Crippen LogP contribution in [-0.4, -0.2) is 14.3 Å². The third kappa shape index (κ3) is 3.12. The van der Waals surface area contributed by atoms with Crippen molar-refractivity contribution < 1.29 is 13.2 Å². The number of amides is 1. The summed E-state index contributed by atoms with van der Waals surface area (Å²) in [6.07, 6.45) is 4.59. The Morgan fingerprint density at radius 2 is 1.72 bits per heavy atom. The molecule has 2 aromatic carbocycles. The smallest absolute Gasteiger partial charge is 0.268 e. The van der Waals surface area contributed by atoms with Crippen LogP contribution in [0.2, 0.25) is 0 Å². The van der Waals surface area contributed by atoms with Crippen molar-refractivity contribution in [3.05, 3.63) is 65.7 Å². The molecule has 0 spiro atoms. The minimum absolute atomic E-state index is 0.121. The number of hydrogen-bond donors (Lipinski definition) is 0. The molecule has 0 atom stereocenters. The monoisotopic (exact) mass is 355 g/mol. The molecule has 25 heavy (non-hydrogen) atoms. The lowest BCUT2D eigenvalue weighted by atomic mass is 10.1. The number of para-hydroxylation sites is 1. The average Bonchev–Trinajstić information content (AvgIpc) is 2.88. The van der Waals surface area contributed by atoms with Gasteiger partial charge in [-0.15, -0.1) is 0 Å². The normalized spacial score (nSPS) is 15.7. The maximum Gasteiger partial charge on any atom is 0.272 e. The maximum atomic E-state index is 13.1. The molecule has 1 amide bonds. The Labute approximate surface area is 148 Å². The van der Waals surface area contributed by atoms with Crippen LogP contribution >= 0.6 is 0 Å². The second-order valence-electron chi connectivity index (χ2n) is 6.16. The third-order valence-electron chi connectivity index (χ3n) is 4.29. The number of rotatable bonds is 5. The highest BCUT2D eigenvalue weighted by Gasteiger charge is 2.40. The lowest BCUT2D eigenvalue weighted by Crippen LogP contribution is -2.33. The fraction of sp³-hybridized carbons (Fsp3) is 0.250. The van der Waals surface area contributed by atoms with Crippen LogP contribution in [0.3, 0.4) is 0 Å². The highest BCUT2D eigenvalue weighted by atomic mass is 32.2. The van der Waals surface area contributed by atoms with Crippen molar-refractivity contribution in [3.8, 4) is 0 Å². The third-order valence-corrected chi connectivity index (χ3v) is 6.00. The van der Waals surface area contributed by atoms with Gasteiger partial charge in [-0.3, -0.25) is 4.79 Å². The summed E-state index contributed by atoms with van der Waals surface area (Å²) in [5.41, 5.74) is 2.54. The molecule has 130 valence electrons. The Balaban J connectivity index is 2.09. The van der Waals surface area contributed by atoms with Gasteiger partial charge in [0.1, 0.15) is 0 Å². The molecule has 0 N–H and O–H groups in total. The highest BCUT2D eigenvalue weighted by Crippen LogP contribution is 2.40. The first-order chi connectivity index (χ1) is 12.0. The van der Waals surface area contributed by atoms with Crippen molar-refractivity contribution in [2.45, 2.75) is 38.0 Å². The molecule has 0 saturated heterocycles. The second-order valence-corrected chi connectivity index (χ2v) is 7.95. The van der Waals surface area contributed by atoms with E-state index in [0.717, 1.165) is 29.1 Å². The van der Waals surface area contributed by atoms with E-state index in [2.05, 4.69) is 6.92 Å². The van der Waals surface area contributed by atoms with Crippen LogP contribution in [0.1, 0.15) is 37.3 Å². The van der Waals surface area contributed by atoms with Crippen LogP contribution in [0, 0.1) is 6.92 Å². The van der Waals surface area contributed by atoms with Crippen LogP contribution in [0.5, 0.6) is 0 Å². The second kappa shape index (κ2) is 6.84. The Bertz CT molecular complexity index is 928. The van der Waals surface area contributed by atoms with Crippen molar-refractivity contribution in [2.75, 3.05) is 4.31 Å². The van der Waals surface area contributed by atoms with Crippen LogP contribution in [-0.2, 0) is 14.8 Å². The fourth-order valence-electron chi connectivity index (χ4n) is 2.91. The number of carbonyl (C=O) groups excluding carboxylic acids is 1. The van der Waals surface area contributed by atoms with E-state index in [1.165, 1.54) is 0 Å². The predicted molar refractivity (Wildman–Crippen MR) is 99.8 cm³/mol. The highest BCUT2D eigenvalue weighted by molar-refractivity contribution is 7.93. The molecule has 1 heterocycles. The number of benzene rings is 2. The summed E-state index contributed by atoms with van der Waals surface area (Å²) in [5.74, 6) is -0.474. The predicted octanol–water partition coefficient (Wildman–Crippen LogP) is 4.30. The molecular weight excluding hydrogens is 334 g/mol. The van der Waals surface area contributed by atoms with Crippen LogP contribution in [0.4, 0.5) is 5.69 Å². The first-order valence-electron chi connectivity index (χ1n) is 8.42. The van der Waals surface area contributed by atoms with E-state index in [-0.39, 0.29) is 4.90 Å². The molecule has 0 radical (unpaired) electrons. The molecule has 5 heteroatoms. The minimum Gasteiger partial charge on any atom is -0.268 e. The van der Waals surface area contributed by atoms with Gasteiger partial charge < -0.3 is 0 Å². The average molecular weight is 355 g/mol. The summed E-state index contributed by atoms with van der Waals surface area (Å²) in [6.45, 7) is 3.97. The number of fused-ring (bicyclic) bond motifs is 1. The maximum absolute atomic E-state index is 13.1. The molecule has 2 aromatic rings. The Morgan fingerprint density at radius 3 is 2.40 bits per heavy atom. The van der Waals surface area contributed by atoms with Gasteiger partial charge in [-0.2, -0.15) is 4.31 Å². The number of nitrogens with zero attached hydrogens (tertiary/aromatic N) is 1. The molecule has 0 fully saturated rings. The Morgan fingerprint density at radius 1 is 1.04 bits per heavy atom. The SMILES string of the molecule is CCCC/C=C1/C(=O)N(S(=O)(=O)c2ccc(C)cc2)c2ccccc21. The number of allylic oxidation sites excluding steroid dienone is 1. The zero-order valence-electron chi connectivity index (χ0n) is 14.4. The van der Waals surface area contributed by atoms with Crippen molar-refractivity contribution in [1.29, 1.82) is 0 Å². The molecule has 0 saturated carbocycles. The van der Waals surface area contributed by atoms with Gasteiger partial charge in [0, 0.05) is 11.1 Å². The van der Waals surface area contributed by atoms with E-state index in [1.54, 1.807) is 42.5 Å². The topological polar surface area (TPSA) is 54.5 Å². The molecule has 0 unspecified atom stereocenters. The van der Waals surface area contributed by atoms with Gasteiger partial charge in [0.25, 0.3) is 15.9 Å². The van der Waals surface area contributed by atoms with Gasteiger partial charge in [-0.1, -0.05) is 61.7 Å². The van der Waals surface area contributed by atoms with Gasteiger partial charge in [-0.25, -0.2) is 8.42 Å². The number of unbranched alkanes of at least 4 members (excludes halogenated alkanes) is 2. The lowest BCUT2D eigenvalue weighted by molar-refractivity contribution is -0.111. The van der Waals surface area contributed by atoms with E-state index >= 15 is 0 Å². The van der Waals surface area contributed by atoms with Crippen LogP contribution in [0.25, 0.3) is 5.57 Å². The first kappa shape index (κ1) is 17.4. The van der Waals surface area contributed by atoms with Crippen molar-refractivity contribution in [1.82, 2.24) is 0 Å². The zero-order valence-corrected chi connectivity index (χ0v) is 15.2. The summed E-state index contributed by atoms with van der Waals surface area (Å²) in [4.78, 5) is 13.0. The number of sulfonamides is 1. The number of carbonyl (C=O) groups is 1. The van der Waals surface area contributed by atoms with E-state index in [1.807, 2.05) is 19.1 Å². The summed E-state index contributed by atoms with van der Waals surface area (Å²) >= 11 is 0. The van der Waals surface area contributed by atoms with Gasteiger partial charge in [0.2, 0.25) is 0 Å². The largest absolute Gasteiger partial charge is 0.272 e. The summed E-state index contributed by atoms with van der Waals surface area (Å²) in [7, 11) is -3.94. The fourth-order valence-corrected chi connectivity index (χ4v) is 4.34. The standard InChI is InChI=1S/C20H21NO3S/c1-3-4-5-9-18-17-8-6-7-10-19(17)21(20(18)22)25(23,24)16-13-11-15(2)12-14-16/h6-14H,3-5H2,1-2H3/b18-9+. The molecule has 1 aliphatic rings. The minimum atomic E-state index is -3.94. The molecule has 0 bridgehead atoms. The van der Waals surface area contributed by atoms with Crippen molar-refractivity contribution in [2.24, 2.45) is 0 Å². The quantitative estimate of drug-likeness (QED) is 0.593. The van der Waals surface area contributed by atoms with Gasteiger partial charge in [-0.05, 0) is 31.5 Å². The molecule has 4 nitrogen and oxygen atoms in total. The summed E-state index contributed by atoms with van der Waals surface area (Å²) in [6, 6.07) is 13.6. The number of hydrogen-bond acceptors (Lipinski definition) is 3. The van der Waals surface area contributed by atoms with Crippen molar-refractivity contribution >= 4 is 27.2 Å². The molecule has 1 aliphatic heterocycles. The van der Waals surface area contributed by atoms with E-state index < -0.39 is 15.9 Å². The molecule has 3 rings (SSSR count). The molecule has 0 aliphatic carbocycles. The zero-order chi connectivity index (χ0) is 18.0. The van der Waals surface area contributed by atoms with Gasteiger partial charge >= 0.3 is 0 Å². The molecule has 0 aromatic heterocycles. The van der Waals surface area contributed by atoms with E-state index in [4.69, 9.17) is 0 Å². The number of anilines is 1. The number of aryl methyl sites for hydroxylation is 1. The summed E-state index contributed by atoms with van der Waals surface area (Å²) < 4.78 is 27.1. The lowest BCUT2D eigenvalue weighted by Gasteiger charge is -2.17. The van der Waals surface area contributed by atoms with E-state index in [0.29, 0.717) is 16.8 Å².